The zero-order valence-electron chi connectivity index (χ0n) is 16.6. The number of fused-ring (bicyclic) bond motifs is 2. The van der Waals surface area contributed by atoms with Crippen molar-refractivity contribution in [3.8, 4) is 0 Å². The molecule has 0 amide bonds. The first-order valence-electron chi connectivity index (χ1n) is 10.4. The van der Waals surface area contributed by atoms with Crippen LogP contribution >= 0.6 is 11.5 Å². The third-order valence-corrected chi connectivity index (χ3v) is 7.33. The van der Waals surface area contributed by atoms with E-state index in [0.29, 0.717) is 12.5 Å². The van der Waals surface area contributed by atoms with Gasteiger partial charge in [-0.05, 0) is 61.2 Å². The number of halogens is 1. The Hall–Kier alpha value is -2.19. The van der Waals surface area contributed by atoms with Gasteiger partial charge in [-0.2, -0.15) is 4.37 Å². The van der Waals surface area contributed by atoms with Crippen molar-refractivity contribution in [3.63, 3.8) is 0 Å². The number of benzene rings is 2. The maximum atomic E-state index is 13.4. The van der Waals surface area contributed by atoms with E-state index in [1.54, 1.807) is 6.07 Å². The molecular formula is C23H24FN3O2S. The molecule has 0 saturated carbocycles. The highest BCUT2D eigenvalue weighted by Crippen LogP contribution is 2.39. The maximum absolute atomic E-state index is 13.4. The summed E-state index contributed by atoms with van der Waals surface area (Å²) in [6.45, 7) is 3.36. The van der Waals surface area contributed by atoms with E-state index in [2.05, 4.69) is 9.27 Å². The van der Waals surface area contributed by atoms with E-state index in [9.17, 15) is 14.3 Å². The minimum Gasteiger partial charge on any atom is -0.374 e. The monoisotopic (exact) mass is 425 g/mol. The predicted octanol–water partition coefficient (Wildman–Crippen LogP) is 3.86. The molecule has 0 aliphatic carbocycles. The third kappa shape index (κ3) is 3.46. The molecule has 1 N–H and O–H groups in total. The maximum Gasteiger partial charge on any atom is 0.141 e. The number of aromatic nitrogens is 1. The van der Waals surface area contributed by atoms with E-state index in [1.807, 2.05) is 35.2 Å². The number of hydrogen-bond acceptors (Lipinski definition) is 6. The van der Waals surface area contributed by atoms with Crippen LogP contribution in [-0.4, -0.2) is 51.7 Å². The first-order chi connectivity index (χ1) is 14.7. The van der Waals surface area contributed by atoms with Gasteiger partial charge in [-0.1, -0.05) is 24.3 Å². The normalized spacial score (nSPS) is 23.1. The Morgan fingerprint density at radius 3 is 2.67 bits per heavy atom. The molecule has 3 heterocycles. The molecule has 0 bridgehead atoms. The number of carbonyl (C=O) groups excluding carboxylic acids is 1. The molecule has 2 unspecified atom stereocenters. The molecule has 156 valence electrons. The summed E-state index contributed by atoms with van der Waals surface area (Å²) in [5.74, 6) is 0.178. The van der Waals surface area contributed by atoms with Crippen molar-refractivity contribution in [3.05, 3.63) is 65.1 Å². The molecular weight excluding hydrogens is 401 g/mol. The Morgan fingerprint density at radius 2 is 1.90 bits per heavy atom. The predicted molar refractivity (Wildman–Crippen MR) is 115 cm³/mol. The third-order valence-electron chi connectivity index (χ3n) is 6.50. The Balaban J connectivity index is 1.20. The fraction of sp³-hybridized carbons (Fsp3) is 0.391. The van der Waals surface area contributed by atoms with Gasteiger partial charge in [0.2, 0.25) is 0 Å². The van der Waals surface area contributed by atoms with E-state index in [0.717, 1.165) is 65.7 Å². The van der Waals surface area contributed by atoms with E-state index in [-0.39, 0.29) is 11.9 Å². The van der Waals surface area contributed by atoms with Crippen molar-refractivity contribution in [1.29, 1.82) is 0 Å². The number of likely N-dealkylation sites (tertiary alicyclic amines) is 1. The van der Waals surface area contributed by atoms with E-state index in [4.69, 9.17) is 0 Å². The van der Waals surface area contributed by atoms with Crippen molar-refractivity contribution >= 4 is 27.9 Å². The largest absolute Gasteiger partial charge is 0.374 e. The summed E-state index contributed by atoms with van der Waals surface area (Å²) in [5, 5.41) is 11.7. The fourth-order valence-corrected chi connectivity index (χ4v) is 5.73. The highest BCUT2D eigenvalue weighted by Gasteiger charge is 2.37. The number of carbonyl (C=O) groups is 1. The molecule has 7 heteroatoms. The second-order valence-electron chi connectivity index (χ2n) is 8.15. The molecule has 1 fully saturated rings. The molecule has 0 spiro atoms. The molecule has 1 saturated heterocycles. The van der Waals surface area contributed by atoms with Gasteiger partial charge in [0.05, 0.1) is 16.4 Å². The zero-order chi connectivity index (χ0) is 20.7. The summed E-state index contributed by atoms with van der Waals surface area (Å²) in [4.78, 5) is 16.0. The van der Waals surface area contributed by atoms with Crippen molar-refractivity contribution in [2.24, 2.45) is 0 Å². The first kappa shape index (κ1) is 19.8. The van der Waals surface area contributed by atoms with E-state index < -0.39 is 6.23 Å². The molecule has 1 aromatic heterocycles. The van der Waals surface area contributed by atoms with Gasteiger partial charge in [0, 0.05) is 30.0 Å². The number of hydrogen-bond donors (Lipinski definition) is 1. The van der Waals surface area contributed by atoms with Crippen LogP contribution < -0.4 is 0 Å². The Morgan fingerprint density at radius 1 is 1.13 bits per heavy atom. The van der Waals surface area contributed by atoms with Crippen LogP contribution in [0.25, 0.3) is 10.1 Å². The van der Waals surface area contributed by atoms with Crippen LogP contribution in [0.3, 0.4) is 0 Å². The number of piperidine rings is 1. The first-order valence-corrected chi connectivity index (χ1v) is 11.2. The van der Waals surface area contributed by atoms with Gasteiger partial charge in [-0.25, -0.2) is 4.39 Å². The van der Waals surface area contributed by atoms with Gasteiger partial charge in [-0.3, -0.25) is 4.90 Å². The lowest BCUT2D eigenvalue weighted by molar-refractivity contribution is -0.116. The van der Waals surface area contributed by atoms with Crippen LogP contribution in [-0.2, 0) is 4.79 Å². The Kier molecular flexibility index (Phi) is 5.37. The van der Waals surface area contributed by atoms with Crippen molar-refractivity contribution < 1.29 is 14.3 Å². The molecule has 2 atom stereocenters. The smallest absolute Gasteiger partial charge is 0.141 e. The van der Waals surface area contributed by atoms with Crippen LogP contribution in [0.2, 0.25) is 0 Å². The minimum absolute atomic E-state index is 0.215. The SMILES string of the molecule is O=CC1c2ccccc2C(O)N1CCN1CCC(c2nsc3cc(F)ccc23)CC1. The fourth-order valence-electron chi connectivity index (χ4n) is 4.85. The number of aliphatic hydroxyl groups is 1. The molecule has 2 aliphatic heterocycles. The van der Waals surface area contributed by atoms with E-state index in [1.165, 1.54) is 17.6 Å². The topological polar surface area (TPSA) is 56.7 Å². The Bertz CT molecular complexity index is 1060. The Labute approximate surface area is 178 Å². The van der Waals surface area contributed by atoms with Gasteiger partial charge in [0.25, 0.3) is 0 Å². The summed E-state index contributed by atoms with van der Waals surface area (Å²) < 4.78 is 19.0. The van der Waals surface area contributed by atoms with Gasteiger partial charge in [0.1, 0.15) is 18.3 Å². The highest BCUT2D eigenvalue weighted by molar-refractivity contribution is 7.13. The summed E-state index contributed by atoms with van der Waals surface area (Å²) in [6.07, 6.45) is 2.22. The van der Waals surface area contributed by atoms with E-state index >= 15 is 0 Å². The van der Waals surface area contributed by atoms with Gasteiger partial charge in [-0.15, -0.1) is 0 Å². The standard InChI is InChI=1S/C23H24FN3O2S/c24-16-5-6-19-21(13-16)30-25-22(19)15-7-9-26(10-8-15)11-12-27-20(14-28)17-3-1-2-4-18(17)23(27)29/h1-6,13-15,20,23,29H,7-12H2. The van der Waals surface area contributed by atoms with Crippen LogP contribution in [0, 0.1) is 5.82 Å². The van der Waals surface area contributed by atoms with Crippen LogP contribution in [0.5, 0.6) is 0 Å². The lowest BCUT2D eigenvalue weighted by Gasteiger charge is -2.33. The van der Waals surface area contributed by atoms with Crippen molar-refractivity contribution in [1.82, 2.24) is 14.2 Å². The molecule has 2 aromatic carbocycles. The van der Waals surface area contributed by atoms with Gasteiger partial charge < -0.3 is 14.8 Å². The number of aliphatic hydroxyl groups excluding tert-OH is 1. The van der Waals surface area contributed by atoms with Gasteiger partial charge >= 0.3 is 0 Å². The summed E-state index contributed by atoms with van der Waals surface area (Å²) >= 11 is 1.38. The zero-order valence-corrected chi connectivity index (χ0v) is 17.4. The molecule has 0 radical (unpaired) electrons. The lowest BCUT2D eigenvalue weighted by Crippen LogP contribution is -2.40. The highest BCUT2D eigenvalue weighted by atomic mass is 32.1. The average Bonchev–Trinajstić information content (AvgIpc) is 3.31. The van der Waals surface area contributed by atoms with Crippen molar-refractivity contribution in [2.45, 2.75) is 31.0 Å². The van der Waals surface area contributed by atoms with Gasteiger partial charge in [0.15, 0.2) is 0 Å². The lowest BCUT2D eigenvalue weighted by atomic mass is 9.91. The minimum atomic E-state index is -0.726. The van der Waals surface area contributed by atoms with Crippen molar-refractivity contribution in [2.75, 3.05) is 26.2 Å². The summed E-state index contributed by atoms with van der Waals surface area (Å²) in [7, 11) is 0. The molecule has 3 aromatic rings. The quantitative estimate of drug-likeness (QED) is 0.629. The average molecular weight is 426 g/mol. The summed E-state index contributed by atoms with van der Waals surface area (Å²) in [6, 6.07) is 12.2. The second kappa shape index (κ2) is 8.15. The molecule has 30 heavy (non-hydrogen) atoms. The molecule has 5 rings (SSSR count). The summed E-state index contributed by atoms with van der Waals surface area (Å²) in [5.41, 5.74) is 2.84. The second-order valence-corrected chi connectivity index (χ2v) is 8.95. The van der Waals surface area contributed by atoms with Crippen LogP contribution in [0.1, 0.15) is 47.9 Å². The molecule has 2 aliphatic rings. The number of aldehydes is 1. The van der Waals surface area contributed by atoms with Crippen LogP contribution in [0.15, 0.2) is 42.5 Å². The number of rotatable bonds is 5. The molecule has 5 nitrogen and oxygen atoms in total. The van der Waals surface area contributed by atoms with Crippen LogP contribution in [0.4, 0.5) is 4.39 Å². The number of nitrogens with zero attached hydrogens (tertiary/aromatic N) is 3.